The molecule has 0 aromatic heterocycles. The summed E-state index contributed by atoms with van der Waals surface area (Å²) in [6.07, 6.45) is 0.0506. The van der Waals surface area contributed by atoms with E-state index in [-0.39, 0.29) is 22.3 Å². The SMILES string of the molecule is CC1SC(C)C(C(N)O)C1C=O. The lowest BCUT2D eigenvalue weighted by molar-refractivity contribution is -0.113. The molecule has 4 heteroatoms. The topological polar surface area (TPSA) is 63.3 Å². The van der Waals surface area contributed by atoms with Crippen molar-refractivity contribution in [1.29, 1.82) is 0 Å². The minimum Gasteiger partial charge on any atom is -0.378 e. The molecule has 0 aromatic rings. The van der Waals surface area contributed by atoms with E-state index >= 15 is 0 Å². The van der Waals surface area contributed by atoms with Crippen molar-refractivity contribution in [2.24, 2.45) is 17.6 Å². The van der Waals surface area contributed by atoms with Gasteiger partial charge in [0.1, 0.15) is 12.5 Å². The molecule has 0 spiro atoms. The lowest BCUT2D eigenvalue weighted by Gasteiger charge is -2.21. The molecule has 0 aromatic carbocycles. The van der Waals surface area contributed by atoms with E-state index in [0.717, 1.165) is 6.29 Å². The quantitative estimate of drug-likeness (QED) is 0.482. The summed E-state index contributed by atoms with van der Waals surface area (Å²) < 4.78 is 0. The molecule has 5 atom stereocenters. The van der Waals surface area contributed by atoms with Crippen LogP contribution >= 0.6 is 11.8 Å². The number of thioether (sulfide) groups is 1. The zero-order chi connectivity index (χ0) is 9.30. The fourth-order valence-corrected chi connectivity index (χ4v) is 3.48. The third kappa shape index (κ3) is 1.65. The molecular weight excluding hydrogens is 174 g/mol. The van der Waals surface area contributed by atoms with Gasteiger partial charge in [-0.1, -0.05) is 13.8 Å². The maximum atomic E-state index is 10.7. The van der Waals surface area contributed by atoms with Gasteiger partial charge < -0.3 is 15.6 Å². The van der Waals surface area contributed by atoms with Crippen LogP contribution in [-0.2, 0) is 4.79 Å². The van der Waals surface area contributed by atoms with Gasteiger partial charge in [0, 0.05) is 22.3 Å². The van der Waals surface area contributed by atoms with Crippen LogP contribution in [0.3, 0.4) is 0 Å². The molecule has 70 valence electrons. The molecular formula is C8H15NO2S. The van der Waals surface area contributed by atoms with E-state index in [4.69, 9.17) is 5.73 Å². The number of hydrogen-bond donors (Lipinski definition) is 2. The molecule has 0 aliphatic carbocycles. The van der Waals surface area contributed by atoms with Crippen LogP contribution in [0.5, 0.6) is 0 Å². The minimum absolute atomic E-state index is 0.0810. The Morgan fingerprint density at radius 3 is 2.42 bits per heavy atom. The third-order valence-corrected chi connectivity index (χ3v) is 4.00. The van der Waals surface area contributed by atoms with E-state index < -0.39 is 6.23 Å². The van der Waals surface area contributed by atoms with Crippen molar-refractivity contribution in [1.82, 2.24) is 0 Å². The normalized spacial score (nSPS) is 44.3. The molecule has 1 aliphatic rings. The Morgan fingerprint density at radius 2 is 2.08 bits per heavy atom. The molecule has 1 rings (SSSR count). The lowest BCUT2D eigenvalue weighted by Crippen LogP contribution is -2.38. The summed E-state index contributed by atoms with van der Waals surface area (Å²) in [4.78, 5) is 10.7. The summed E-state index contributed by atoms with van der Waals surface area (Å²) in [6, 6.07) is 0. The first-order chi connectivity index (χ1) is 5.57. The molecule has 3 nitrogen and oxygen atoms in total. The summed E-state index contributed by atoms with van der Waals surface area (Å²) >= 11 is 1.72. The van der Waals surface area contributed by atoms with Gasteiger partial charge in [0.15, 0.2) is 0 Å². The number of rotatable bonds is 2. The van der Waals surface area contributed by atoms with Crippen LogP contribution in [0.2, 0.25) is 0 Å². The molecule has 0 bridgehead atoms. The molecule has 1 aliphatic heterocycles. The Labute approximate surface area is 76.7 Å². The molecule has 1 saturated heterocycles. The molecule has 1 fully saturated rings. The Bertz CT molecular complexity index is 174. The molecule has 3 N–H and O–H groups in total. The number of carbonyl (C=O) groups is 1. The highest BCUT2D eigenvalue weighted by atomic mass is 32.2. The number of aliphatic hydroxyl groups is 1. The maximum absolute atomic E-state index is 10.7. The van der Waals surface area contributed by atoms with Crippen LogP contribution in [0.15, 0.2) is 0 Å². The van der Waals surface area contributed by atoms with E-state index in [2.05, 4.69) is 0 Å². The molecule has 5 unspecified atom stereocenters. The van der Waals surface area contributed by atoms with Gasteiger partial charge in [0.2, 0.25) is 0 Å². The van der Waals surface area contributed by atoms with Gasteiger partial charge in [-0.25, -0.2) is 0 Å². The van der Waals surface area contributed by atoms with E-state index in [0.29, 0.717) is 0 Å². The van der Waals surface area contributed by atoms with Gasteiger partial charge in [0.05, 0.1) is 0 Å². The summed E-state index contributed by atoms with van der Waals surface area (Å²) in [5.41, 5.74) is 5.40. The largest absolute Gasteiger partial charge is 0.378 e. The third-order valence-electron chi connectivity index (χ3n) is 2.51. The molecule has 0 radical (unpaired) electrons. The fourth-order valence-electron chi connectivity index (χ4n) is 1.85. The lowest BCUT2D eigenvalue weighted by atomic mass is 9.88. The highest BCUT2D eigenvalue weighted by Gasteiger charge is 2.42. The zero-order valence-electron chi connectivity index (χ0n) is 7.31. The predicted molar refractivity (Wildman–Crippen MR) is 49.8 cm³/mol. The Hall–Kier alpha value is -0.0600. The van der Waals surface area contributed by atoms with Gasteiger partial charge in [-0.3, -0.25) is 0 Å². The Kier molecular flexibility index (Phi) is 3.15. The second-order valence-electron chi connectivity index (χ2n) is 3.33. The first kappa shape index (κ1) is 10.0. The van der Waals surface area contributed by atoms with Crippen molar-refractivity contribution in [3.63, 3.8) is 0 Å². The number of aliphatic hydroxyl groups excluding tert-OH is 1. The highest BCUT2D eigenvalue weighted by molar-refractivity contribution is 8.00. The van der Waals surface area contributed by atoms with Gasteiger partial charge in [-0.15, -0.1) is 0 Å². The number of aldehydes is 1. The number of nitrogens with two attached hydrogens (primary N) is 1. The second-order valence-corrected chi connectivity index (χ2v) is 5.09. The average Bonchev–Trinajstić information content (AvgIpc) is 2.24. The summed E-state index contributed by atoms with van der Waals surface area (Å²) in [7, 11) is 0. The molecule has 0 saturated carbocycles. The van der Waals surface area contributed by atoms with Crippen molar-refractivity contribution in [2.75, 3.05) is 0 Å². The zero-order valence-corrected chi connectivity index (χ0v) is 8.12. The standard InChI is InChI=1S/C8H15NO2S/c1-4-6(3-10)7(8(9)11)5(2)12-4/h3-8,11H,9H2,1-2H3. The smallest absolute Gasteiger partial charge is 0.124 e. The van der Waals surface area contributed by atoms with Crippen molar-refractivity contribution < 1.29 is 9.90 Å². The predicted octanol–water partition coefficient (Wildman–Crippen LogP) is 0.219. The molecule has 12 heavy (non-hydrogen) atoms. The van der Waals surface area contributed by atoms with Crippen LogP contribution in [-0.4, -0.2) is 28.1 Å². The Morgan fingerprint density at radius 1 is 1.50 bits per heavy atom. The summed E-state index contributed by atoms with van der Waals surface area (Å²) in [5.74, 6) is -0.174. The van der Waals surface area contributed by atoms with Crippen LogP contribution < -0.4 is 5.73 Å². The van der Waals surface area contributed by atoms with Crippen molar-refractivity contribution >= 4 is 18.0 Å². The van der Waals surface area contributed by atoms with E-state index in [9.17, 15) is 9.90 Å². The monoisotopic (exact) mass is 189 g/mol. The average molecular weight is 189 g/mol. The number of carbonyl (C=O) groups excluding carboxylic acids is 1. The van der Waals surface area contributed by atoms with E-state index in [1.54, 1.807) is 11.8 Å². The molecule has 1 heterocycles. The van der Waals surface area contributed by atoms with Crippen molar-refractivity contribution in [3.8, 4) is 0 Å². The van der Waals surface area contributed by atoms with Crippen LogP contribution in [0, 0.1) is 11.8 Å². The second kappa shape index (κ2) is 3.77. The van der Waals surface area contributed by atoms with Gasteiger partial charge in [0.25, 0.3) is 0 Å². The first-order valence-corrected chi connectivity index (χ1v) is 5.06. The van der Waals surface area contributed by atoms with Gasteiger partial charge in [-0.05, 0) is 0 Å². The highest BCUT2D eigenvalue weighted by Crippen LogP contribution is 2.42. The van der Waals surface area contributed by atoms with Crippen LogP contribution in [0.4, 0.5) is 0 Å². The van der Waals surface area contributed by atoms with Gasteiger partial charge in [-0.2, -0.15) is 11.8 Å². The van der Waals surface area contributed by atoms with Crippen LogP contribution in [0.1, 0.15) is 13.8 Å². The summed E-state index contributed by atoms with van der Waals surface area (Å²) in [6.45, 7) is 4.01. The molecule has 0 amide bonds. The van der Waals surface area contributed by atoms with Gasteiger partial charge >= 0.3 is 0 Å². The van der Waals surface area contributed by atoms with Crippen LogP contribution in [0.25, 0.3) is 0 Å². The fraction of sp³-hybridized carbons (Fsp3) is 0.875. The summed E-state index contributed by atoms with van der Waals surface area (Å²) in [5, 5.41) is 9.80. The minimum atomic E-state index is -0.868. The maximum Gasteiger partial charge on any atom is 0.124 e. The first-order valence-electron chi connectivity index (χ1n) is 4.12. The van der Waals surface area contributed by atoms with E-state index in [1.807, 2.05) is 13.8 Å². The van der Waals surface area contributed by atoms with Crippen molar-refractivity contribution in [3.05, 3.63) is 0 Å². The van der Waals surface area contributed by atoms with Crippen molar-refractivity contribution in [2.45, 2.75) is 30.6 Å². The van der Waals surface area contributed by atoms with E-state index in [1.165, 1.54) is 0 Å². The number of hydrogen-bond acceptors (Lipinski definition) is 4. The Balaban J connectivity index is 2.74.